The van der Waals surface area contributed by atoms with E-state index in [0.29, 0.717) is 24.4 Å². The Kier molecular flexibility index (Phi) is 2.96. The first kappa shape index (κ1) is 13.1. The molecule has 0 aliphatic carbocycles. The number of piperidine rings is 1. The molecule has 1 saturated heterocycles. The van der Waals surface area contributed by atoms with Crippen molar-refractivity contribution in [2.75, 3.05) is 11.4 Å². The van der Waals surface area contributed by atoms with Crippen molar-refractivity contribution in [3.63, 3.8) is 0 Å². The molecular formula is C16H15N3O3. The maximum Gasteiger partial charge on any atom is 0.326 e. The highest BCUT2D eigenvalue weighted by molar-refractivity contribution is 6.05. The van der Waals surface area contributed by atoms with Crippen molar-refractivity contribution < 1.29 is 14.3 Å². The molecule has 22 heavy (non-hydrogen) atoms. The van der Waals surface area contributed by atoms with Crippen molar-refractivity contribution in [3.8, 4) is 0 Å². The molecule has 3 heterocycles. The number of furan rings is 1. The molecule has 0 spiro atoms. The van der Waals surface area contributed by atoms with Gasteiger partial charge in [0.25, 0.3) is 0 Å². The van der Waals surface area contributed by atoms with Crippen LogP contribution in [0.3, 0.4) is 0 Å². The number of hydrogen-bond acceptors (Lipinski definition) is 5. The summed E-state index contributed by atoms with van der Waals surface area (Å²) in [5, 5.41) is 10.4. The van der Waals surface area contributed by atoms with Crippen molar-refractivity contribution in [2.45, 2.75) is 25.3 Å². The molecule has 6 heteroatoms. The van der Waals surface area contributed by atoms with Crippen LogP contribution in [0.1, 0.15) is 19.3 Å². The van der Waals surface area contributed by atoms with Crippen LogP contribution in [0.4, 0.5) is 5.82 Å². The van der Waals surface area contributed by atoms with Gasteiger partial charge < -0.3 is 14.4 Å². The Hall–Kier alpha value is -2.63. The second kappa shape index (κ2) is 4.98. The molecule has 1 unspecified atom stereocenters. The molecule has 0 saturated carbocycles. The van der Waals surface area contributed by atoms with Crippen LogP contribution < -0.4 is 4.90 Å². The third-order valence-electron chi connectivity index (χ3n) is 4.20. The Morgan fingerprint density at radius 3 is 3.00 bits per heavy atom. The van der Waals surface area contributed by atoms with Gasteiger partial charge in [0.1, 0.15) is 23.5 Å². The average Bonchev–Trinajstić information content (AvgIpc) is 2.93. The summed E-state index contributed by atoms with van der Waals surface area (Å²) in [5.41, 5.74) is 2.04. The largest absolute Gasteiger partial charge is 0.480 e. The molecule has 0 radical (unpaired) electrons. The van der Waals surface area contributed by atoms with Crippen LogP contribution in [0.5, 0.6) is 0 Å². The standard InChI is InChI=1S/C16H15N3O3/c20-16(21)11-6-3-4-8-19(11)15-14-13(17-9-18-15)10-5-1-2-7-12(10)22-14/h1-2,5,7,9,11H,3-4,6,8H2,(H,20,21). The smallest absolute Gasteiger partial charge is 0.326 e. The normalized spacial score (nSPS) is 18.9. The number of fused-ring (bicyclic) bond motifs is 3. The lowest BCUT2D eigenvalue weighted by Gasteiger charge is -2.33. The molecule has 0 bridgehead atoms. The van der Waals surface area contributed by atoms with Crippen molar-refractivity contribution in [2.24, 2.45) is 0 Å². The van der Waals surface area contributed by atoms with Crippen molar-refractivity contribution in [1.29, 1.82) is 0 Å². The lowest BCUT2D eigenvalue weighted by molar-refractivity contribution is -0.139. The molecule has 2 aromatic heterocycles. The highest BCUT2D eigenvalue weighted by Gasteiger charge is 2.31. The summed E-state index contributed by atoms with van der Waals surface area (Å²) in [6, 6.07) is 7.10. The van der Waals surface area contributed by atoms with Gasteiger partial charge >= 0.3 is 5.97 Å². The molecule has 1 fully saturated rings. The van der Waals surface area contributed by atoms with Crippen LogP contribution in [0.25, 0.3) is 22.1 Å². The highest BCUT2D eigenvalue weighted by atomic mass is 16.4. The minimum absolute atomic E-state index is 0.555. The number of aliphatic carboxylic acids is 1. The van der Waals surface area contributed by atoms with E-state index < -0.39 is 12.0 Å². The van der Waals surface area contributed by atoms with Gasteiger partial charge in [-0.2, -0.15) is 0 Å². The molecular weight excluding hydrogens is 282 g/mol. The number of rotatable bonds is 2. The van der Waals surface area contributed by atoms with Crippen LogP contribution in [0.15, 0.2) is 35.0 Å². The molecule has 4 rings (SSSR count). The van der Waals surface area contributed by atoms with E-state index in [-0.39, 0.29) is 0 Å². The van der Waals surface area contributed by atoms with Crippen molar-refractivity contribution in [1.82, 2.24) is 9.97 Å². The third kappa shape index (κ3) is 1.91. The van der Waals surface area contributed by atoms with E-state index in [9.17, 15) is 9.90 Å². The number of anilines is 1. The SMILES string of the molecule is O=C(O)C1CCCCN1c1ncnc2c1oc1ccccc12. The van der Waals surface area contributed by atoms with Gasteiger partial charge in [-0.15, -0.1) is 0 Å². The molecule has 112 valence electrons. The van der Waals surface area contributed by atoms with Gasteiger partial charge in [0, 0.05) is 11.9 Å². The highest BCUT2D eigenvalue weighted by Crippen LogP contribution is 2.34. The third-order valence-corrected chi connectivity index (χ3v) is 4.20. The summed E-state index contributed by atoms with van der Waals surface area (Å²) in [7, 11) is 0. The topological polar surface area (TPSA) is 79.5 Å². The number of aromatic nitrogens is 2. The second-order valence-electron chi connectivity index (χ2n) is 5.52. The minimum atomic E-state index is -0.817. The van der Waals surface area contributed by atoms with Gasteiger partial charge in [-0.1, -0.05) is 12.1 Å². The number of nitrogens with zero attached hydrogens (tertiary/aromatic N) is 3. The molecule has 1 aliphatic rings. The lowest BCUT2D eigenvalue weighted by Crippen LogP contribution is -2.45. The first-order valence-electron chi connectivity index (χ1n) is 7.37. The van der Waals surface area contributed by atoms with Gasteiger partial charge in [0.2, 0.25) is 0 Å². The number of hydrogen-bond donors (Lipinski definition) is 1. The number of carboxylic acid groups (broad SMARTS) is 1. The molecule has 0 amide bonds. The van der Waals surface area contributed by atoms with E-state index in [1.54, 1.807) is 0 Å². The Bertz CT molecular complexity index is 858. The molecule has 1 aliphatic heterocycles. The van der Waals surface area contributed by atoms with E-state index in [2.05, 4.69) is 9.97 Å². The fourth-order valence-corrected chi connectivity index (χ4v) is 3.16. The first-order chi connectivity index (χ1) is 10.8. The number of benzene rings is 1. The van der Waals surface area contributed by atoms with E-state index in [1.165, 1.54) is 6.33 Å². The van der Waals surface area contributed by atoms with Crippen LogP contribution in [-0.2, 0) is 4.79 Å². The van der Waals surface area contributed by atoms with Gasteiger partial charge in [-0.05, 0) is 31.4 Å². The van der Waals surface area contributed by atoms with Crippen LogP contribution in [0, 0.1) is 0 Å². The Morgan fingerprint density at radius 1 is 1.27 bits per heavy atom. The Morgan fingerprint density at radius 2 is 2.14 bits per heavy atom. The summed E-state index contributed by atoms with van der Waals surface area (Å²) in [5.74, 6) is -0.240. The Labute approximate surface area is 126 Å². The molecule has 6 nitrogen and oxygen atoms in total. The molecule has 1 atom stereocenters. The zero-order valence-corrected chi connectivity index (χ0v) is 11.9. The number of para-hydroxylation sites is 1. The Balaban J connectivity index is 1.92. The summed E-state index contributed by atoms with van der Waals surface area (Å²) in [4.78, 5) is 22.0. The lowest BCUT2D eigenvalue weighted by atomic mass is 10.0. The van der Waals surface area contributed by atoms with Gasteiger partial charge in [-0.3, -0.25) is 0 Å². The summed E-state index contributed by atoms with van der Waals surface area (Å²) in [6.07, 6.45) is 3.98. The van der Waals surface area contributed by atoms with Crippen LogP contribution in [0.2, 0.25) is 0 Å². The van der Waals surface area contributed by atoms with Gasteiger partial charge in [0.15, 0.2) is 11.4 Å². The van der Waals surface area contributed by atoms with E-state index >= 15 is 0 Å². The van der Waals surface area contributed by atoms with E-state index in [1.807, 2.05) is 29.2 Å². The fourth-order valence-electron chi connectivity index (χ4n) is 3.16. The van der Waals surface area contributed by atoms with Gasteiger partial charge in [0.05, 0.1) is 0 Å². The average molecular weight is 297 g/mol. The predicted molar refractivity (Wildman–Crippen MR) is 81.9 cm³/mol. The molecule has 1 aromatic carbocycles. The number of carbonyl (C=O) groups is 1. The van der Waals surface area contributed by atoms with Crippen molar-refractivity contribution in [3.05, 3.63) is 30.6 Å². The second-order valence-corrected chi connectivity index (χ2v) is 5.52. The van der Waals surface area contributed by atoms with Crippen molar-refractivity contribution >= 4 is 33.9 Å². The quantitative estimate of drug-likeness (QED) is 0.783. The zero-order chi connectivity index (χ0) is 15.1. The summed E-state index contributed by atoms with van der Waals surface area (Å²) < 4.78 is 5.91. The van der Waals surface area contributed by atoms with E-state index in [4.69, 9.17) is 4.42 Å². The maximum atomic E-state index is 11.5. The first-order valence-corrected chi connectivity index (χ1v) is 7.37. The van der Waals surface area contributed by atoms with E-state index in [0.717, 1.165) is 29.3 Å². The maximum absolute atomic E-state index is 11.5. The summed E-state index contributed by atoms with van der Waals surface area (Å²) >= 11 is 0. The minimum Gasteiger partial charge on any atom is -0.480 e. The molecule has 1 N–H and O–H groups in total. The van der Waals surface area contributed by atoms with Crippen LogP contribution >= 0.6 is 0 Å². The number of carboxylic acids is 1. The summed E-state index contributed by atoms with van der Waals surface area (Å²) in [6.45, 7) is 0.667. The molecule has 3 aromatic rings. The zero-order valence-electron chi connectivity index (χ0n) is 11.9. The van der Waals surface area contributed by atoms with Gasteiger partial charge in [-0.25, -0.2) is 14.8 Å². The fraction of sp³-hybridized carbons (Fsp3) is 0.312. The van der Waals surface area contributed by atoms with Crippen LogP contribution in [-0.4, -0.2) is 33.6 Å². The predicted octanol–water partition coefficient (Wildman–Crippen LogP) is 2.82. The monoisotopic (exact) mass is 297 g/mol.